The number of hydrogen-bond acceptors (Lipinski definition) is 3. The summed E-state index contributed by atoms with van der Waals surface area (Å²) in [5.41, 5.74) is 13.9. The van der Waals surface area contributed by atoms with Crippen molar-refractivity contribution in [1.29, 1.82) is 0 Å². The van der Waals surface area contributed by atoms with Gasteiger partial charge in [0.2, 0.25) is 5.91 Å². The predicted octanol–water partition coefficient (Wildman–Crippen LogP) is 2.68. The van der Waals surface area contributed by atoms with Crippen LogP contribution in [0.2, 0.25) is 0 Å². The molecule has 0 radical (unpaired) electrons. The normalized spacial score (nSPS) is 17.3. The van der Waals surface area contributed by atoms with Crippen LogP contribution in [0, 0.1) is 11.8 Å². The Balaban J connectivity index is 2.71. The Morgan fingerprint density at radius 2 is 1.90 bits per heavy atom. The fourth-order valence-electron chi connectivity index (χ4n) is 2.86. The van der Waals surface area contributed by atoms with Crippen LogP contribution in [-0.4, -0.2) is 18.5 Å². The zero-order chi connectivity index (χ0) is 15.8. The number of amides is 1. The van der Waals surface area contributed by atoms with Crippen molar-refractivity contribution in [3.63, 3.8) is 0 Å². The molecule has 5 N–H and O–H groups in total. The third-order valence-corrected chi connectivity index (χ3v) is 4.30. The van der Waals surface area contributed by atoms with Crippen LogP contribution in [0.1, 0.15) is 65.7 Å². The third kappa shape index (κ3) is 6.08. The third-order valence-electron chi connectivity index (χ3n) is 4.30. The van der Waals surface area contributed by atoms with Gasteiger partial charge in [0.25, 0.3) is 0 Å². The Labute approximate surface area is 129 Å². The summed E-state index contributed by atoms with van der Waals surface area (Å²) < 4.78 is 0. The summed E-state index contributed by atoms with van der Waals surface area (Å²) in [4.78, 5) is 11.7. The molecule has 21 heavy (non-hydrogen) atoms. The maximum Gasteiger partial charge on any atom is 0.239 e. The van der Waals surface area contributed by atoms with E-state index in [4.69, 9.17) is 11.5 Å². The minimum atomic E-state index is -0.245. The second-order valence-electron chi connectivity index (χ2n) is 6.79. The number of hydrogen-bond donors (Lipinski definition) is 3. The van der Waals surface area contributed by atoms with E-state index in [0.29, 0.717) is 11.8 Å². The molecule has 122 valence electrons. The summed E-state index contributed by atoms with van der Waals surface area (Å²) in [7, 11) is 0. The highest BCUT2D eigenvalue weighted by Crippen LogP contribution is 2.32. The number of primary amides is 1. The van der Waals surface area contributed by atoms with Gasteiger partial charge in [-0.3, -0.25) is 4.79 Å². The highest BCUT2D eigenvalue weighted by atomic mass is 16.1. The van der Waals surface area contributed by atoms with Gasteiger partial charge in [-0.1, -0.05) is 32.8 Å². The van der Waals surface area contributed by atoms with E-state index >= 15 is 0 Å². The van der Waals surface area contributed by atoms with E-state index in [2.05, 4.69) is 26.1 Å². The summed E-state index contributed by atoms with van der Waals surface area (Å²) >= 11 is 0. The van der Waals surface area contributed by atoms with Crippen molar-refractivity contribution in [2.75, 3.05) is 6.54 Å². The second kappa shape index (κ2) is 9.08. The first-order valence-corrected chi connectivity index (χ1v) is 8.43. The van der Waals surface area contributed by atoms with Gasteiger partial charge < -0.3 is 16.8 Å². The Morgan fingerprint density at radius 1 is 1.24 bits per heavy atom. The van der Waals surface area contributed by atoms with Gasteiger partial charge in [-0.05, 0) is 56.9 Å². The monoisotopic (exact) mass is 295 g/mol. The van der Waals surface area contributed by atoms with Crippen molar-refractivity contribution < 1.29 is 4.79 Å². The molecule has 0 aromatic heterocycles. The molecule has 1 saturated carbocycles. The zero-order valence-electron chi connectivity index (χ0n) is 14.0. The number of carbonyl (C=O) groups is 1. The fraction of sp³-hybridized carbons (Fsp3) is 0.824. The molecule has 0 aromatic rings. The first kappa shape index (κ1) is 18.0. The Hall–Kier alpha value is -1.03. The van der Waals surface area contributed by atoms with Crippen molar-refractivity contribution in [3.8, 4) is 0 Å². The van der Waals surface area contributed by atoms with Crippen LogP contribution in [0.5, 0.6) is 0 Å². The average Bonchev–Trinajstić information content (AvgIpc) is 2.34. The van der Waals surface area contributed by atoms with Gasteiger partial charge in [-0.2, -0.15) is 0 Å². The SMILES string of the molecule is CC(C)CC(NC(=C1CCC1)C(C)CCCCN)C(N)=O. The molecule has 4 nitrogen and oxygen atoms in total. The fourth-order valence-corrected chi connectivity index (χ4v) is 2.86. The minimum Gasteiger partial charge on any atom is -0.377 e. The standard InChI is InChI=1S/C17H33N3O/c1-12(2)11-15(17(19)21)20-16(14-8-6-9-14)13(3)7-4-5-10-18/h12-13,15,20H,4-11,18H2,1-3H3,(H2,19,21). The molecular weight excluding hydrogens is 262 g/mol. The van der Waals surface area contributed by atoms with Crippen LogP contribution in [0.15, 0.2) is 11.3 Å². The smallest absolute Gasteiger partial charge is 0.239 e. The first-order valence-electron chi connectivity index (χ1n) is 8.43. The van der Waals surface area contributed by atoms with Gasteiger partial charge in [0, 0.05) is 5.70 Å². The Morgan fingerprint density at radius 3 is 2.33 bits per heavy atom. The van der Waals surface area contributed by atoms with Crippen molar-refractivity contribution in [2.24, 2.45) is 23.3 Å². The number of allylic oxidation sites excluding steroid dienone is 2. The van der Waals surface area contributed by atoms with E-state index in [0.717, 1.165) is 45.1 Å². The maximum atomic E-state index is 11.7. The molecule has 0 saturated heterocycles. The Bertz CT molecular complexity index is 357. The average molecular weight is 295 g/mol. The van der Waals surface area contributed by atoms with E-state index in [1.807, 2.05) is 0 Å². The van der Waals surface area contributed by atoms with E-state index in [1.54, 1.807) is 0 Å². The molecule has 1 aliphatic rings. The second-order valence-corrected chi connectivity index (χ2v) is 6.79. The molecule has 2 atom stereocenters. The maximum absolute atomic E-state index is 11.7. The van der Waals surface area contributed by atoms with Gasteiger partial charge in [0.15, 0.2) is 0 Å². The summed E-state index contributed by atoms with van der Waals surface area (Å²) in [6.45, 7) is 7.25. The molecule has 0 bridgehead atoms. The summed E-state index contributed by atoms with van der Waals surface area (Å²) in [5, 5.41) is 3.49. The number of carbonyl (C=O) groups excluding carboxylic acids is 1. The van der Waals surface area contributed by atoms with Crippen molar-refractivity contribution in [3.05, 3.63) is 11.3 Å². The largest absolute Gasteiger partial charge is 0.377 e. The molecule has 4 heteroatoms. The highest BCUT2D eigenvalue weighted by Gasteiger charge is 2.24. The summed E-state index contributed by atoms with van der Waals surface area (Å²) in [6, 6.07) is -0.245. The molecule has 1 rings (SSSR count). The number of nitrogens with two attached hydrogens (primary N) is 2. The van der Waals surface area contributed by atoms with E-state index in [-0.39, 0.29) is 11.9 Å². The predicted molar refractivity (Wildman–Crippen MR) is 88.5 cm³/mol. The molecule has 1 aliphatic carbocycles. The highest BCUT2D eigenvalue weighted by molar-refractivity contribution is 5.80. The zero-order valence-corrected chi connectivity index (χ0v) is 14.0. The lowest BCUT2D eigenvalue weighted by atomic mass is 9.84. The van der Waals surface area contributed by atoms with Gasteiger partial charge in [0.1, 0.15) is 6.04 Å². The topological polar surface area (TPSA) is 81.1 Å². The van der Waals surface area contributed by atoms with E-state index in [9.17, 15) is 4.79 Å². The van der Waals surface area contributed by atoms with Crippen molar-refractivity contribution >= 4 is 5.91 Å². The molecule has 0 aromatic carbocycles. The molecule has 0 aliphatic heterocycles. The van der Waals surface area contributed by atoms with Crippen LogP contribution < -0.4 is 16.8 Å². The van der Waals surface area contributed by atoms with Crippen LogP contribution in [0.3, 0.4) is 0 Å². The van der Waals surface area contributed by atoms with Gasteiger partial charge >= 0.3 is 0 Å². The lowest BCUT2D eigenvalue weighted by Crippen LogP contribution is -2.43. The van der Waals surface area contributed by atoms with Crippen molar-refractivity contribution in [2.45, 2.75) is 71.8 Å². The molecule has 0 spiro atoms. The molecule has 0 heterocycles. The lowest BCUT2D eigenvalue weighted by Gasteiger charge is -2.30. The van der Waals surface area contributed by atoms with Crippen LogP contribution in [0.4, 0.5) is 0 Å². The van der Waals surface area contributed by atoms with Gasteiger partial charge in [0.05, 0.1) is 0 Å². The van der Waals surface area contributed by atoms with E-state index in [1.165, 1.54) is 17.7 Å². The molecule has 1 fully saturated rings. The van der Waals surface area contributed by atoms with Gasteiger partial charge in [-0.15, -0.1) is 0 Å². The number of nitrogens with one attached hydrogen (secondary N) is 1. The lowest BCUT2D eigenvalue weighted by molar-refractivity contribution is -0.120. The number of unbranched alkanes of at least 4 members (excludes halogenated alkanes) is 1. The number of rotatable bonds is 10. The van der Waals surface area contributed by atoms with Gasteiger partial charge in [-0.25, -0.2) is 0 Å². The quantitative estimate of drug-likeness (QED) is 0.542. The van der Waals surface area contributed by atoms with E-state index < -0.39 is 0 Å². The first-order chi connectivity index (χ1) is 9.95. The molecule has 2 unspecified atom stereocenters. The van der Waals surface area contributed by atoms with Crippen LogP contribution in [0.25, 0.3) is 0 Å². The molecule has 1 amide bonds. The minimum absolute atomic E-state index is 0.240. The van der Waals surface area contributed by atoms with Crippen LogP contribution in [-0.2, 0) is 4.79 Å². The van der Waals surface area contributed by atoms with Crippen molar-refractivity contribution in [1.82, 2.24) is 5.32 Å². The molecular formula is C17H33N3O. The van der Waals surface area contributed by atoms with Crippen LogP contribution >= 0.6 is 0 Å². The Kier molecular flexibility index (Phi) is 7.79. The summed E-state index contributed by atoms with van der Waals surface area (Å²) in [5.74, 6) is 0.673. The summed E-state index contributed by atoms with van der Waals surface area (Å²) in [6.07, 6.45) is 7.71.